The van der Waals surface area contributed by atoms with E-state index >= 15 is 0 Å². The Bertz CT molecular complexity index is 539. The molecule has 19 heavy (non-hydrogen) atoms. The molecule has 2 N–H and O–H groups in total. The van der Waals surface area contributed by atoms with Crippen LogP contribution in [0.2, 0.25) is 0 Å². The highest BCUT2D eigenvalue weighted by Crippen LogP contribution is 2.14. The molecule has 2 aromatic rings. The van der Waals surface area contributed by atoms with Crippen LogP contribution in [0.5, 0.6) is 5.75 Å². The van der Waals surface area contributed by atoms with Crippen LogP contribution in [0.15, 0.2) is 37.2 Å². The first-order valence-corrected chi connectivity index (χ1v) is 6.10. The number of nitrogens with one attached hydrogen (secondary N) is 1. The molecule has 2 heterocycles. The Kier molecular flexibility index (Phi) is 4.12. The average Bonchev–Trinajstić information content (AvgIpc) is 2.91. The summed E-state index contributed by atoms with van der Waals surface area (Å²) in [6.45, 7) is 2.64. The van der Waals surface area contributed by atoms with Crippen molar-refractivity contribution in [2.45, 2.75) is 25.9 Å². The largest absolute Gasteiger partial charge is 0.505 e. The summed E-state index contributed by atoms with van der Waals surface area (Å²) in [4.78, 5) is 19.7. The zero-order chi connectivity index (χ0) is 13.7. The summed E-state index contributed by atoms with van der Waals surface area (Å²) in [5.74, 6) is -0.413. The fourth-order valence-corrected chi connectivity index (χ4v) is 1.77. The van der Waals surface area contributed by atoms with Gasteiger partial charge in [-0.1, -0.05) is 6.92 Å². The second-order valence-corrected chi connectivity index (χ2v) is 4.23. The van der Waals surface area contributed by atoms with Crippen LogP contribution < -0.4 is 5.32 Å². The molecular weight excluding hydrogens is 244 g/mol. The van der Waals surface area contributed by atoms with Crippen molar-refractivity contribution in [3.05, 3.63) is 42.7 Å². The molecule has 0 saturated carbocycles. The molecule has 2 aromatic heterocycles. The second kappa shape index (κ2) is 5.99. The SMILES string of the molecule is CC[C@@H](Cn1ccnc1)NC(=O)c1ccncc1O. The normalized spacial score (nSPS) is 12.1. The molecule has 6 nitrogen and oxygen atoms in total. The van der Waals surface area contributed by atoms with Crippen molar-refractivity contribution in [3.8, 4) is 5.75 Å². The Morgan fingerprint density at radius 1 is 1.47 bits per heavy atom. The Morgan fingerprint density at radius 3 is 2.95 bits per heavy atom. The molecule has 0 aliphatic carbocycles. The lowest BCUT2D eigenvalue weighted by atomic mass is 10.2. The van der Waals surface area contributed by atoms with Gasteiger partial charge in [0, 0.05) is 31.2 Å². The average molecular weight is 260 g/mol. The summed E-state index contributed by atoms with van der Waals surface area (Å²) >= 11 is 0. The van der Waals surface area contributed by atoms with Crippen molar-refractivity contribution in [3.63, 3.8) is 0 Å². The van der Waals surface area contributed by atoms with Crippen molar-refractivity contribution in [2.24, 2.45) is 0 Å². The summed E-state index contributed by atoms with van der Waals surface area (Å²) in [5.41, 5.74) is 0.235. The Morgan fingerprint density at radius 2 is 2.32 bits per heavy atom. The molecule has 0 bridgehead atoms. The summed E-state index contributed by atoms with van der Waals surface area (Å²) in [7, 11) is 0. The van der Waals surface area contributed by atoms with E-state index in [1.807, 2.05) is 17.7 Å². The van der Waals surface area contributed by atoms with E-state index in [9.17, 15) is 9.90 Å². The van der Waals surface area contributed by atoms with E-state index in [1.165, 1.54) is 18.5 Å². The molecule has 1 amide bonds. The minimum atomic E-state index is -0.299. The number of aromatic hydroxyl groups is 1. The van der Waals surface area contributed by atoms with Gasteiger partial charge in [0.2, 0.25) is 0 Å². The van der Waals surface area contributed by atoms with Gasteiger partial charge >= 0.3 is 0 Å². The highest BCUT2D eigenvalue weighted by Gasteiger charge is 2.15. The predicted octanol–water partition coefficient (Wildman–Crippen LogP) is 1.19. The molecule has 0 radical (unpaired) electrons. The standard InChI is InChI=1S/C13H16N4O2/c1-2-10(8-17-6-5-15-9-17)16-13(19)11-3-4-14-7-12(11)18/h3-7,9-10,18H,2,8H2,1H3,(H,16,19)/t10-/m0/s1. The van der Waals surface area contributed by atoms with E-state index in [4.69, 9.17) is 0 Å². The first-order valence-electron chi connectivity index (χ1n) is 6.10. The smallest absolute Gasteiger partial charge is 0.255 e. The van der Waals surface area contributed by atoms with E-state index in [0.29, 0.717) is 6.54 Å². The quantitative estimate of drug-likeness (QED) is 0.846. The van der Waals surface area contributed by atoms with Crippen LogP contribution in [0.25, 0.3) is 0 Å². The zero-order valence-electron chi connectivity index (χ0n) is 10.7. The zero-order valence-corrected chi connectivity index (χ0v) is 10.7. The molecule has 2 rings (SSSR count). The van der Waals surface area contributed by atoms with E-state index in [0.717, 1.165) is 6.42 Å². The Balaban J connectivity index is 2.02. The molecule has 100 valence electrons. The minimum absolute atomic E-state index is 0.0192. The number of rotatable bonds is 5. The number of imidazole rings is 1. The molecular formula is C13H16N4O2. The van der Waals surface area contributed by atoms with Crippen LogP contribution in [-0.4, -0.2) is 31.6 Å². The number of hydrogen-bond donors (Lipinski definition) is 2. The number of carbonyl (C=O) groups excluding carboxylic acids is 1. The van der Waals surface area contributed by atoms with Crippen LogP contribution in [0.1, 0.15) is 23.7 Å². The number of hydrogen-bond acceptors (Lipinski definition) is 4. The van der Waals surface area contributed by atoms with E-state index in [2.05, 4.69) is 15.3 Å². The monoisotopic (exact) mass is 260 g/mol. The van der Waals surface area contributed by atoms with Crippen LogP contribution in [-0.2, 0) is 6.54 Å². The third-order valence-electron chi connectivity index (χ3n) is 2.86. The van der Waals surface area contributed by atoms with Gasteiger partial charge in [0.25, 0.3) is 5.91 Å². The van der Waals surface area contributed by atoms with E-state index in [-0.39, 0.29) is 23.3 Å². The van der Waals surface area contributed by atoms with Gasteiger partial charge in [-0.3, -0.25) is 9.78 Å². The maximum atomic E-state index is 12.0. The van der Waals surface area contributed by atoms with Gasteiger partial charge in [-0.25, -0.2) is 4.98 Å². The molecule has 0 fully saturated rings. The molecule has 6 heteroatoms. The molecule has 0 aliphatic heterocycles. The second-order valence-electron chi connectivity index (χ2n) is 4.23. The maximum Gasteiger partial charge on any atom is 0.255 e. The van der Waals surface area contributed by atoms with Gasteiger partial charge < -0.3 is 15.0 Å². The van der Waals surface area contributed by atoms with E-state index in [1.54, 1.807) is 12.5 Å². The van der Waals surface area contributed by atoms with Crippen LogP contribution in [0.3, 0.4) is 0 Å². The van der Waals surface area contributed by atoms with Gasteiger partial charge in [-0.05, 0) is 12.5 Å². The van der Waals surface area contributed by atoms with Crippen molar-refractivity contribution < 1.29 is 9.90 Å². The molecule has 0 spiro atoms. The van der Waals surface area contributed by atoms with Gasteiger partial charge in [0.05, 0.1) is 18.1 Å². The van der Waals surface area contributed by atoms with Crippen molar-refractivity contribution in [1.82, 2.24) is 19.9 Å². The summed E-state index contributed by atoms with van der Waals surface area (Å²) < 4.78 is 1.90. The van der Waals surface area contributed by atoms with Crippen molar-refractivity contribution >= 4 is 5.91 Å². The number of nitrogens with zero attached hydrogens (tertiary/aromatic N) is 3. The fraction of sp³-hybridized carbons (Fsp3) is 0.308. The highest BCUT2D eigenvalue weighted by molar-refractivity contribution is 5.96. The number of pyridine rings is 1. The van der Waals surface area contributed by atoms with Gasteiger partial charge in [-0.2, -0.15) is 0 Å². The lowest BCUT2D eigenvalue weighted by Crippen LogP contribution is -2.37. The molecule has 0 aliphatic rings. The predicted molar refractivity (Wildman–Crippen MR) is 69.7 cm³/mol. The number of aromatic nitrogens is 3. The topological polar surface area (TPSA) is 80.0 Å². The molecule has 0 aromatic carbocycles. The molecule has 0 unspecified atom stereocenters. The van der Waals surface area contributed by atoms with Crippen LogP contribution in [0.4, 0.5) is 0 Å². The molecule has 0 saturated heterocycles. The minimum Gasteiger partial charge on any atom is -0.505 e. The van der Waals surface area contributed by atoms with Gasteiger partial charge in [-0.15, -0.1) is 0 Å². The third kappa shape index (κ3) is 3.31. The van der Waals surface area contributed by atoms with Crippen molar-refractivity contribution in [1.29, 1.82) is 0 Å². The third-order valence-corrected chi connectivity index (χ3v) is 2.86. The van der Waals surface area contributed by atoms with E-state index < -0.39 is 0 Å². The van der Waals surface area contributed by atoms with Gasteiger partial charge in [0.15, 0.2) is 0 Å². The summed E-state index contributed by atoms with van der Waals surface area (Å²) in [6, 6.07) is 1.48. The number of amides is 1. The lowest BCUT2D eigenvalue weighted by Gasteiger charge is -2.17. The Hall–Kier alpha value is -2.37. The summed E-state index contributed by atoms with van der Waals surface area (Å²) in [5, 5.41) is 12.5. The first-order chi connectivity index (χ1) is 9.20. The maximum absolute atomic E-state index is 12.0. The Labute approximate surface area is 111 Å². The number of carbonyl (C=O) groups is 1. The van der Waals surface area contributed by atoms with Crippen LogP contribution >= 0.6 is 0 Å². The fourth-order valence-electron chi connectivity index (χ4n) is 1.77. The first kappa shape index (κ1) is 13.1. The lowest BCUT2D eigenvalue weighted by molar-refractivity contribution is 0.0929. The highest BCUT2D eigenvalue weighted by atomic mass is 16.3. The van der Waals surface area contributed by atoms with Gasteiger partial charge in [0.1, 0.15) is 5.75 Å². The summed E-state index contributed by atoms with van der Waals surface area (Å²) in [6.07, 6.45) is 8.77. The van der Waals surface area contributed by atoms with Crippen molar-refractivity contribution in [2.75, 3.05) is 0 Å². The van der Waals surface area contributed by atoms with Crippen LogP contribution in [0, 0.1) is 0 Å². The molecule has 1 atom stereocenters.